The fraction of sp³-hybridized carbons (Fsp3) is 0.455. The van der Waals surface area contributed by atoms with E-state index in [1.165, 1.54) is 7.11 Å². The van der Waals surface area contributed by atoms with E-state index in [0.29, 0.717) is 18.0 Å². The van der Waals surface area contributed by atoms with Crippen LogP contribution in [0.1, 0.15) is 50.7 Å². The predicted molar refractivity (Wildman–Crippen MR) is 107 cm³/mol. The van der Waals surface area contributed by atoms with Crippen LogP contribution in [0.15, 0.2) is 46.0 Å². The highest BCUT2D eigenvalue weighted by Crippen LogP contribution is 2.51. The van der Waals surface area contributed by atoms with Crippen LogP contribution in [0, 0.1) is 5.92 Å². The number of hydrogen-bond acceptors (Lipinski definition) is 5. The third kappa shape index (κ3) is 2.79. The van der Waals surface area contributed by atoms with Crippen molar-refractivity contribution in [3.63, 3.8) is 0 Å². The maximum Gasteiger partial charge on any atom is 0.321 e. The summed E-state index contributed by atoms with van der Waals surface area (Å²) in [5.41, 5.74) is 1.66. The molecule has 0 radical (unpaired) electrons. The summed E-state index contributed by atoms with van der Waals surface area (Å²) < 4.78 is 5.02. The summed E-state index contributed by atoms with van der Waals surface area (Å²) in [6.45, 7) is 4.38. The lowest BCUT2D eigenvalue weighted by atomic mass is 9.61. The molecule has 2 heterocycles. The minimum absolute atomic E-state index is 0.0611. The monoisotopic (exact) mass is 379 g/mol. The molecule has 28 heavy (non-hydrogen) atoms. The van der Waals surface area contributed by atoms with Crippen LogP contribution < -0.4 is 5.32 Å². The lowest BCUT2D eigenvalue weighted by molar-refractivity contribution is -0.154. The zero-order valence-electron chi connectivity index (χ0n) is 16.5. The second-order valence-corrected chi connectivity index (χ2v) is 8.24. The molecule has 1 amide bonds. The maximum atomic E-state index is 13.1. The van der Waals surface area contributed by atoms with Gasteiger partial charge in [-0.05, 0) is 42.2 Å². The summed E-state index contributed by atoms with van der Waals surface area (Å²) in [5, 5.41) is 2.80. The van der Waals surface area contributed by atoms with Gasteiger partial charge in [0.15, 0.2) is 11.8 Å². The number of hydrogen-bond donors (Lipinski definition) is 1. The number of methoxy groups -OCH3 is 1. The van der Waals surface area contributed by atoms with E-state index in [0.717, 1.165) is 30.4 Å². The summed E-state index contributed by atoms with van der Waals surface area (Å²) >= 11 is 0. The van der Waals surface area contributed by atoms with Gasteiger partial charge < -0.3 is 10.1 Å². The Morgan fingerprint density at radius 2 is 1.93 bits per heavy atom. The van der Waals surface area contributed by atoms with Crippen molar-refractivity contribution in [3.8, 4) is 0 Å². The summed E-state index contributed by atoms with van der Waals surface area (Å²) in [7, 11) is 1.31. The minimum Gasteiger partial charge on any atom is -0.468 e. The normalized spacial score (nSPS) is 28.1. The highest BCUT2D eigenvalue weighted by molar-refractivity contribution is 6.15. The van der Waals surface area contributed by atoms with Crippen LogP contribution in [0.3, 0.4) is 0 Å². The fourth-order valence-electron chi connectivity index (χ4n) is 4.55. The molecule has 0 bridgehead atoms. The van der Waals surface area contributed by atoms with Crippen LogP contribution in [0.25, 0.3) is 0 Å². The van der Waals surface area contributed by atoms with E-state index in [2.05, 4.69) is 30.2 Å². The quantitative estimate of drug-likeness (QED) is 0.634. The molecule has 2 atom stereocenters. The van der Waals surface area contributed by atoms with Crippen molar-refractivity contribution in [2.45, 2.75) is 50.5 Å². The Kier molecular flexibility index (Phi) is 4.44. The highest BCUT2D eigenvalue weighted by Gasteiger charge is 2.56. The number of nitrogens with zero attached hydrogens (tertiary/aromatic N) is 2. The van der Waals surface area contributed by atoms with Crippen molar-refractivity contribution in [3.05, 3.63) is 47.2 Å². The van der Waals surface area contributed by atoms with Crippen molar-refractivity contribution in [1.82, 2.24) is 5.32 Å². The van der Waals surface area contributed by atoms with Gasteiger partial charge in [-0.25, -0.2) is 0 Å². The first kappa shape index (κ1) is 18.6. The number of amides is 1. The summed E-state index contributed by atoms with van der Waals surface area (Å²) in [6.07, 6.45) is 6.93. The molecule has 6 heteroatoms. The van der Waals surface area contributed by atoms with Gasteiger partial charge >= 0.3 is 5.97 Å². The van der Waals surface area contributed by atoms with Gasteiger partial charge in [0.2, 0.25) is 5.91 Å². The molecule has 146 valence electrons. The average Bonchev–Trinajstić information content (AvgIpc) is 2.71. The number of fused-ring (bicyclic) bond motifs is 2. The Hall–Kier alpha value is -2.76. The Balaban J connectivity index is 1.96. The Bertz CT molecular complexity index is 929. The second kappa shape index (κ2) is 6.69. The Morgan fingerprint density at radius 1 is 1.18 bits per heavy atom. The third-order valence-electron chi connectivity index (χ3n) is 6.09. The van der Waals surface area contributed by atoms with Crippen molar-refractivity contribution < 1.29 is 14.3 Å². The molecule has 0 saturated heterocycles. The minimum atomic E-state index is -1.02. The molecule has 1 aliphatic carbocycles. The zero-order valence-corrected chi connectivity index (χ0v) is 16.5. The lowest BCUT2D eigenvalue weighted by Crippen LogP contribution is -2.57. The number of benzene rings is 1. The Labute approximate surface area is 164 Å². The van der Waals surface area contributed by atoms with E-state index in [1.54, 1.807) is 0 Å². The number of amidine groups is 1. The number of allylic oxidation sites excluding steroid dienone is 1. The SMILES string of the molecule is COC(=O)C1C(=O)NC(C2=CCCC=N2)=NC12CCC(C)(C)c1ccccc12. The van der Waals surface area contributed by atoms with Gasteiger partial charge in [0, 0.05) is 6.21 Å². The van der Waals surface area contributed by atoms with Gasteiger partial charge in [-0.15, -0.1) is 0 Å². The number of carbonyl (C=O) groups is 2. The van der Waals surface area contributed by atoms with Gasteiger partial charge in [-0.2, -0.15) is 0 Å². The summed E-state index contributed by atoms with van der Waals surface area (Å²) in [5.74, 6) is -1.52. The predicted octanol–water partition coefficient (Wildman–Crippen LogP) is 3.02. The van der Waals surface area contributed by atoms with Gasteiger partial charge in [-0.1, -0.05) is 44.2 Å². The van der Waals surface area contributed by atoms with Crippen LogP contribution in [0.2, 0.25) is 0 Å². The number of esters is 1. The molecule has 2 unspecified atom stereocenters. The van der Waals surface area contributed by atoms with Crippen molar-refractivity contribution in [2.24, 2.45) is 15.9 Å². The van der Waals surface area contributed by atoms with E-state index in [9.17, 15) is 9.59 Å². The van der Waals surface area contributed by atoms with E-state index in [1.807, 2.05) is 30.5 Å². The number of aliphatic imine (C=N–C) groups is 2. The summed E-state index contributed by atoms with van der Waals surface area (Å²) in [6, 6.07) is 8.00. The zero-order chi connectivity index (χ0) is 19.9. The first-order valence-corrected chi connectivity index (χ1v) is 9.71. The topological polar surface area (TPSA) is 80.1 Å². The highest BCUT2D eigenvalue weighted by atomic mass is 16.5. The van der Waals surface area contributed by atoms with Crippen LogP contribution in [0.4, 0.5) is 0 Å². The van der Waals surface area contributed by atoms with Crippen molar-refractivity contribution in [2.75, 3.05) is 7.11 Å². The van der Waals surface area contributed by atoms with Crippen LogP contribution in [0.5, 0.6) is 0 Å². The van der Waals surface area contributed by atoms with E-state index < -0.39 is 17.4 Å². The number of rotatable bonds is 2. The van der Waals surface area contributed by atoms with Gasteiger partial charge in [-0.3, -0.25) is 19.6 Å². The van der Waals surface area contributed by atoms with Gasteiger partial charge in [0.25, 0.3) is 0 Å². The van der Waals surface area contributed by atoms with Crippen molar-refractivity contribution >= 4 is 23.9 Å². The largest absolute Gasteiger partial charge is 0.468 e. The molecule has 1 aromatic carbocycles. The fourth-order valence-corrected chi connectivity index (χ4v) is 4.55. The summed E-state index contributed by atoms with van der Waals surface area (Å²) in [4.78, 5) is 35.2. The molecule has 1 aromatic rings. The lowest BCUT2D eigenvalue weighted by Gasteiger charge is -2.47. The first-order valence-electron chi connectivity index (χ1n) is 9.71. The number of carbonyl (C=O) groups excluding carboxylic acids is 2. The van der Waals surface area contributed by atoms with Gasteiger partial charge in [0.05, 0.1) is 7.11 Å². The van der Waals surface area contributed by atoms with Gasteiger partial charge in [0.1, 0.15) is 11.2 Å². The number of nitrogens with one attached hydrogen (secondary N) is 1. The van der Waals surface area contributed by atoms with Crippen LogP contribution in [-0.2, 0) is 25.3 Å². The van der Waals surface area contributed by atoms with Crippen LogP contribution in [-0.4, -0.2) is 31.0 Å². The van der Waals surface area contributed by atoms with E-state index in [4.69, 9.17) is 9.73 Å². The molecule has 0 aromatic heterocycles. The maximum absolute atomic E-state index is 13.1. The molecule has 4 rings (SSSR count). The van der Waals surface area contributed by atoms with Crippen LogP contribution >= 0.6 is 0 Å². The smallest absolute Gasteiger partial charge is 0.321 e. The first-order chi connectivity index (χ1) is 13.4. The molecular weight excluding hydrogens is 354 g/mol. The molecule has 0 saturated carbocycles. The molecule has 1 spiro atoms. The molecular formula is C22H25N3O3. The Morgan fingerprint density at radius 3 is 2.61 bits per heavy atom. The molecule has 0 fully saturated rings. The molecule has 6 nitrogen and oxygen atoms in total. The second-order valence-electron chi connectivity index (χ2n) is 8.24. The number of ether oxygens (including phenoxy) is 1. The molecule has 2 aliphatic heterocycles. The van der Waals surface area contributed by atoms with Crippen molar-refractivity contribution in [1.29, 1.82) is 0 Å². The molecule has 1 N–H and O–H groups in total. The standard InChI is InChI=1S/C22H25N3O3/c1-21(2)11-12-22(15-9-5-4-8-14(15)21)17(20(27)28-3)19(26)24-18(25-22)16-10-6-7-13-23-16/h4-5,8-10,13,17H,6-7,11-12H2,1-3H3,(H,24,25,26). The third-order valence-corrected chi connectivity index (χ3v) is 6.09. The van der Waals surface area contributed by atoms with E-state index in [-0.39, 0.29) is 11.3 Å². The van der Waals surface area contributed by atoms with E-state index >= 15 is 0 Å². The molecule has 3 aliphatic rings. The average molecular weight is 379 g/mol.